The van der Waals surface area contributed by atoms with Crippen LogP contribution in [0.5, 0.6) is 0 Å². The molecular weight excluding hydrogens is 1450 g/mol. The van der Waals surface area contributed by atoms with Gasteiger partial charge in [-0.15, -0.1) is 0 Å². The van der Waals surface area contributed by atoms with Gasteiger partial charge in [0.05, 0.1) is 0 Å². The van der Waals surface area contributed by atoms with E-state index in [0.29, 0.717) is 135 Å². The van der Waals surface area contributed by atoms with E-state index in [0.717, 1.165) is 135 Å². The van der Waals surface area contributed by atoms with Crippen molar-refractivity contribution in [1.82, 2.24) is 0 Å². The molecular formula is C98H120F4O12. The third-order valence-corrected chi connectivity index (χ3v) is 42.2. The largest absolute Gasteiger partial charge is 0.458 e. The third-order valence-electron chi connectivity index (χ3n) is 42.2. The average Bonchev–Trinajstić information content (AvgIpc) is 1.48. The molecule has 0 aromatic rings. The molecule has 32 atom stereocenters. The average molecular weight is 1570 g/mol. The smallest absolute Gasteiger partial charge is 0.306 e. The zero-order valence-electron chi connectivity index (χ0n) is 68.6. The maximum atomic E-state index is 16.2. The lowest BCUT2D eigenvalue weighted by atomic mass is 9.42. The van der Waals surface area contributed by atoms with Crippen LogP contribution in [-0.4, -0.2) is 94.1 Å². The summed E-state index contributed by atoms with van der Waals surface area (Å²) < 4.78 is 88.6. The molecule has 26 rings (SSSR count). The normalized spacial score (nSPS) is 55.6. The summed E-state index contributed by atoms with van der Waals surface area (Å²) in [6.07, 6.45) is 40.7. The molecule has 18 saturated carbocycles. The van der Waals surface area contributed by atoms with Crippen molar-refractivity contribution in [1.29, 1.82) is 0 Å². The van der Waals surface area contributed by atoms with Crippen LogP contribution in [-0.2, 0) is 57.3 Å². The van der Waals surface area contributed by atoms with Gasteiger partial charge in [-0.05, 0) is 308 Å². The molecule has 12 nitrogen and oxygen atoms in total. The van der Waals surface area contributed by atoms with Crippen LogP contribution < -0.4 is 0 Å². The first-order valence-electron chi connectivity index (χ1n) is 45.8. The predicted octanol–water partition coefficient (Wildman–Crippen LogP) is 19.0. The Labute approximate surface area is 669 Å². The van der Waals surface area contributed by atoms with Crippen molar-refractivity contribution in [3.05, 3.63) is 70.9 Å². The van der Waals surface area contributed by atoms with E-state index >= 15 is 17.6 Å². The summed E-state index contributed by atoms with van der Waals surface area (Å²) in [7, 11) is 0. The van der Waals surface area contributed by atoms with Crippen molar-refractivity contribution in [2.24, 2.45) is 160 Å². The Balaban J connectivity index is 0.0000000902. The van der Waals surface area contributed by atoms with E-state index in [4.69, 9.17) is 18.9 Å². The van der Waals surface area contributed by atoms with E-state index < -0.39 is 47.1 Å². The predicted molar refractivity (Wildman–Crippen MR) is 413 cm³/mol. The molecule has 14 unspecified atom stereocenters. The Kier molecular flexibility index (Phi) is 14.7. The van der Waals surface area contributed by atoms with Crippen molar-refractivity contribution in [2.75, 3.05) is 0 Å². The highest BCUT2D eigenvalue weighted by atomic mass is 19.1. The van der Waals surface area contributed by atoms with E-state index in [1.807, 2.05) is 36.5 Å². The molecule has 0 aromatic carbocycles. The summed E-state index contributed by atoms with van der Waals surface area (Å²) in [5.41, 5.74) is 1.89. The molecule has 22 aliphatic carbocycles. The number of esters is 4. The van der Waals surface area contributed by atoms with Gasteiger partial charge in [0.2, 0.25) is 0 Å². The molecule has 114 heavy (non-hydrogen) atoms. The number of alkyl halides is 4. The van der Waals surface area contributed by atoms with Gasteiger partial charge in [0.1, 0.15) is 47.1 Å². The maximum absolute atomic E-state index is 16.2. The summed E-state index contributed by atoms with van der Waals surface area (Å²) in [4.78, 5) is 97.2. The molecule has 0 amide bonds. The highest BCUT2D eigenvalue weighted by molar-refractivity contribution is 6.02. The van der Waals surface area contributed by atoms with Crippen LogP contribution in [0.1, 0.15) is 274 Å². The number of carbonyl (C=O) groups is 8. The van der Waals surface area contributed by atoms with Gasteiger partial charge >= 0.3 is 23.9 Å². The molecule has 0 N–H and O–H groups in total. The second kappa shape index (κ2) is 22.7. The van der Waals surface area contributed by atoms with Gasteiger partial charge in [0.15, 0.2) is 23.1 Å². The van der Waals surface area contributed by atoms with Gasteiger partial charge in [-0.1, -0.05) is 89.8 Å². The topological polar surface area (TPSA) is 173 Å². The first-order valence-corrected chi connectivity index (χ1v) is 45.8. The van der Waals surface area contributed by atoms with Gasteiger partial charge in [0, 0.05) is 107 Å². The van der Waals surface area contributed by atoms with Crippen LogP contribution in [0.3, 0.4) is 0 Å². The number of hydrogen-bond acceptors (Lipinski definition) is 12. The highest BCUT2D eigenvalue weighted by Crippen LogP contribution is 2.86. The summed E-state index contributed by atoms with van der Waals surface area (Å²) in [5, 5.41) is 0. The van der Waals surface area contributed by atoms with Gasteiger partial charge in [-0.2, -0.15) is 0 Å². The molecule has 8 spiro atoms. The van der Waals surface area contributed by atoms with Crippen LogP contribution in [0.4, 0.5) is 17.6 Å². The lowest BCUT2D eigenvalue weighted by molar-refractivity contribution is -0.189. The Morgan fingerprint density at radius 1 is 0.307 bits per heavy atom. The van der Waals surface area contributed by atoms with Gasteiger partial charge in [-0.25, -0.2) is 17.6 Å². The molecule has 16 heteroatoms. The number of rotatable bonds is 0. The van der Waals surface area contributed by atoms with Crippen LogP contribution in [0.2, 0.25) is 0 Å². The zero-order chi connectivity index (χ0) is 79.0. The molecule has 0 bridgehead atoms. The van der Waals surface area contributed by atoms with E-state index in [2.05, 4.69) is 55.4 Å². The third kappa shape index (κ3) is 9.07. The van der Waals surface area contributed by atoms with Crippen molar-refractivity contribution in [2.45, 2.75) is 321 Å². The van der Waals surface area contributed by atoms with E-state index in [1.54, 1.807) is 12.2 Å². The number of ether oxygens (including phenoxy) is 4. The lowest BCUT2D eigenvalue weighted by Gasteiger charge is -2.62. The Morgan fingerprint density at radius 2 is 0.640 bits per heavy atom. The van der Waals surface area contributed by atoms with Gasteiger partial charge < -0.3 is 18.9 Å². The quantitative estimate of drug-likeness (QED) is 0.128. The standard InChI is InChI=1S/C25H31FO3.C25H29FO3.C24H31FO3.C24H29FO3/c2*1-22-5-3-13(27)9-18(22)24(7-8-24)11-15-20-14-10-16(14)25(6-4-19(28)29-25)23(20,2)12-17(26)21(15)22;2*1-21-6-3-14(26)11-18(21)23(9-10-23)12-15-16-4-7-24(8-5-19(27)28-24)22(16,2)13-17(25)20(15)21/h9,14-17,20-21H,3-8,10-12H2,1-2H3;3,5,9,14-17,20-21H,4,6-8,10-12H2,1-2H3;11,15-17,20H,3-10,12-13H2,1-2H3;3,6,11,15-17,20H,4-5,7-10,12-13H2,1-2H3/t2*14-,15?,16?,17+,20?,21?,22+,23+,25+;2*15?,16?,17-,20?,21-,22-,24+/m1100/s1. The summed E-state index contributed by atoms with van der Waals surface area (Å²) in [6, 6.07) is 0. The minimum atomic E-state index is -0.928. The fourth-order valence-corrected chi connectivity index (χ4v) is 37.2. The van der Waals surface area contributed by atoms with Crippen LogP contribution in [0.15, 0.2) is 70.9 Å². The highest BCUT2D eigenvalue weighted by Gasteiger charge is 2.85. The van der Waals surface area contributed by atoms with Crippen molar-refractivity contribution in [3.63, 3.8) is 0 Å². The second-order valence-electron chi connectivity index (χ2n) is 46.3. The van der Waals surface area contributed by atoms with Crippen molar-refractivity contribution in [3.8, 4) is 0 Å². The number of allylic oxidation sites excluding steroid dienone is 10. The van der Waals surface area contributed by atoms with Crippen molar-refractivity contribution < 1.29 is 74.9 Å². The molecule has 4 saturated heterocycles. The molecule has 22 fully saturated rings. The first-order chi connectivity index (χ1) is 53.9. The minimum Gasteiger partial charge on any atom is -0.458 e. The minimum absolute atomic E-state index is 0.0170. The maximum Gasteiger partial charge on any atom is 0.306 e. The molecule has 0 aromatic heterocycles. The van der Waals surface area contributed by atoms with Crippen molar-refractivity contribution >= 4 is 47.0 Å². The molecule has 4 aliphatic heterocycles. The summed E-state index contributed by atoms with van der Waals surface area (Å²) in [6.45, 7) is 17.9. The van der Waals surface area contributed by atoms with E-state index in [9.17, 15) is 38.4 Å². The fourth-order valence-electron chi connectivity index (χ4n) is 37.2. The summed E-state index contributed by atoms with van der Waals surface area (Å²) in [5.74, 6) is 5.39. The molecule has 4 heterocycles. The number of fused-ring (bicyclic) bond motifs is 34. The lowest BCUT2D eigenvalue weighted by Crippen LogP contribution is -2.61. The second-order valence-corrected chi connectivity index (χ2v) is 46.3. The number of ketones is 4. The zero-order valence-corrected chi connectivity index (χ0v) is 68.6. The number of carbonyl (C=O) groups excluding carboxylic acids is 8. The van der Waals surface area contributed by atoms with Crippen LogP contribution >= 0.6 is 0 Å². The molecule has 0 radical (unpaired) electrons. The Hall–Kier alpha value is -5.28. The number of hydrogen-bond donors (Lipinski definition) is 0. The fraction of sp³-hybridized carbons (Fsp3) is 0.796. The monoisotopic (exact) mass is 1560 g/mol. The van der Waals surface area contributed by atoms with Gasteiger partial charge in [-0.3, -0.25) is 38.4 Å². The summed E-state index contributed by atoms with van der Waals surface area (Å²) >= 11 is 0. The first kappa shape index (κ1) is 73.8. The Bertz CT molecular complexity index is 4580. The molecule has 612 valence electrons. The van der Waals surface area contributed by atoms with Crippen LogP contribution in [0.25, 0.3) is 0 Å². The number of halogens is 4. The molecule has 26 aliphatic rings. The van der Waals surface area contributed by atoms with E-state index in [1.165, 1.54) is 41.6 Å². The van der Waals surface area contributed by atoms with Crippen LogP contribution in [0, 0.1) is 160 Å². The SMILES string of the molecule is C[C@]12C=CC(=O)C=C1C1(CC1)CC1C2[C@@H](F)C[C@@]2(C)C1CC[C@@]21CCC(=O)O1.C[C@]12C=CC(=O)C=C1C1(CC1)CC1C2[C@@H](F)C[C@@]2(C)C1[C@@H]1CC1[C@@]21CCC(=O)O1.C[C@]12CCC(=O)C=C1C1(CC1)CC1C2[C@@H](F)C[C@@]2(C)C1CC[C@@]21CCC(=O)O1.C[C@]12CCC(=O)C=C1C1(CC1)CC1C2[C@@H](F)C[C@@]2(C)C1[C@@H]1CC1[C@@]21CCC(=O)O1. The Morgan fingerprint density at radius 3 is 1.02 bits per heavy atom. The van der Waals surface area contributed by atoms with Gasteiger partial charge in [0.25, 0.3) is 0 Å². The van der Waals surface area contributed by atoms with E-state index in [-0.39, 0.29) is 136 Å².